The molecule has 0 aliphatic carbocycles. The van der Waals surface area contributed by atoms with Gasteiger partial charge in [-0.2, -0.15) is 0 Å². The van der Waals surface area contributed by atoms with E-state index in [1.807, 2.05) is 60.8 Å². The Labute approximate surface area is 149 Å². The van der Waals surface area contributed by atoms with Crippen molar-refractivity contribution in [2.75, 3.05) is 10.6 Å². The van der Waals surface area contributed by atoms with Gasteiger partial charge in [-0.3, -0.25) is 4.79 Å². The van der Waals surface area contributed by atoms with Gasteiger partial charge in [0.25, 0.3) is 0 Å². The zero-order valence-corrected chi connectivity index (χ0v) is 14.6. The van der Waals surface area contributed by atoms with Crippen LogP contribution < -0.4 is 10.6 Å². The van der Waals surface area contributed by atoms with Crippen molar-refractivity contribution >= 4 is 45.4 Å². The van der Waals surface area contributed by atoms with Crippen LogP contribution in [-0.2, 0) is 11.2 Å². The van der Waals surface area contributed by atoms with Crippen molar-refractivity contribution in [3.8, 4) is 0 Å². The Morgan fingerprint density at radius 2 is 2.04 bits per heavy atom. The predicted molar refractivity (Wildman–Crippen MR) is 100 cm³/mol. The summed E-state index contributed by atoms with van der Waals surface area (Å²) in [5, 5.41) is 9.37. The van der Waals surface area contributed by atoms with E-state index >= 15 is 0 Å². The van der Waals surface area contributed by atoms with E-state index in [9.17, 15) is 4.79 Å². The molecule has 4 nitrogen and oxygen atoms in total. The molecule has 0 aliphatic rings. The van der Waals surface area contributed by atoms with Crippen molar-refractivity contribution in [1.82, 2.24) is 4.98 Å². The summed E-state index contributed by atoms with van der Waals surface area (Å²) in [5.41, 5.74) is 3.46. The van der Waals surface area contributed by atoms with Gasteiger partial charge in [0.1, 0.15) is 0 Å². The molecule has 0 aliphatic heterocycles. The first-order valence-corrected chi connectivity index (χ1v) is 8.68. The first kappa shape index (κ1) is 16.5. The molecular formula is C18H16ClN3OS. The van der Waals surface area contributed by atoms with Crippen LogP contribution in [0.15, 0.2) is 53.9 Å². The molecule has 3 rings (SSSR count). The second-order valence-corrected chi connectivity index (χ2v) is 6.61. The zero-order valence-electron chi connectivity index (χ0n) is 13.0. The highest BCUT2D eigenvalue weighted by molar-refractivity contribution is 7.13. The number of amides is 1. The Morgan fingerprint density at radius 1 is 1.21 bits per heavy atom. The number of halogens is 1. The molecule has 6 heteroatoms. The Bertz CT molecular complexity index is 863. The number of nitrogens with zero attached hydrogens (tertiary/aromatic N) is 1. The number of anilines is 3. The summed E-state index contributed by atoms with van der Waals surface area (Å²) in [5.74, 6) is -0.0797. The van der Waals surface area contributed by atoms with Crippen LogP contribution in [0.2, 0.25) is 5.02 Å². The second kappa shape index (κ2) is 7.47. The highest BCUT2D eigenvalue weighted by Gasteiger charge is 2.09. The summed E-state index contributed by atoms with van der Waals surface area (Å²) in [6, 6.07) is 15.1. The van der Waals surface area contributed by atoms with Crippen LogP contribution in [0.3, 0.4) is 0 Å². The van der Waals surface area contributed by atoms with E-state index < -0.39 is 0 Å². The Morgan fingerprint density at radius 3 is 2.83 bits per heavy atom. The fraction of sp³-hybridized carbons (Fsp3) is 0.111. The third kappa shape index (κ3) is 4.34. The summed E-state index contributed by atoms with van der Waals surface area (Å²) < 4.78 is 0. The van der Waals surface area contributed by atoms with Crippen LogP contribution in [0.25, 0.3) is 0 Å². The minimum Gasteiger partial charge on any atom is -0.331 e. The molecule has 0 bridgehead atoms. The van der Waals surface area contributed by atoms with Gasteiger partial charge in [0, 0.05) is 21.8 Å². The maximum Gasteiger partial charge on any atom is 0.230 e. The Kier molecular flexibility index (Phi) is 5.13. The molecule has 0 saturated heterocycles. The Hall–Kier alpha value is -2.37. The molecule has 0 spiro atoms. The average molecular weight is 358 g/mol. The minimum absolute atomic E-state index is 0.0797. The smallest absolute Gasteiger partial charge is 0.230 e. The molecule has 1 aromatic heterocycles. The van der Waals surface area contributed by atoms with Crippen LogP contribution in [-0.4, -0.2) is 10.9 Å². The molecule has 0 radical (unpaired) electrons. The number of aromatic nitrogens is 1. The van der Waals surface area contributed by atoms with Crippen molar-refractivity contribution in [1.29, 1.82) is 0 Å². The average Bonchev–Trinajstić information content (AvgIpc) is 2.96. The van der Waals surface area contributed by atoms with E-state index in [4.69, 9.17) is 11.6 Å². The molecular weight excluding hydrogens is 342 g/mol. The highest BCUT2D eigenvalue weighted by atomic mass is 35.5. The largest absolute Gasteiger partial charge is 0.331 e. The van der Waals surface area contributed by atoms with Gasteiger partial charge in [-0.15, -0.1) is 11.3 Å². The van der Waals surface area contributed by atoms with Crippen LogP contribution >= 0.6 is 22.9 Å². The molecule has 3 aromatic rings. The van der Waals surface area contributed by atoms with E-state index in [1.54, 1.807) is 0 Å². The van der Waals surface area contributed by atoms with Gasteiger partial charge in [0.2, 0.25) is 5.91 Å². The van der Waals surface area contributed by atoms with Gasteiger partial charge in [0.05, 0.1) is 12.1 Å². The SMILES string of the molecule is Cc1ccccc1NC(=O)Cc1csc(Nc2cccc(Cl)c2)n1. The van der Waals surface area contributed by atoms with Crippen molar-refractivity contribution in [2.24, 2.45) is 0 Å². The first-order chi connectivity index (χ1) is 11.6. The van der Waals surface area contributed by atoms with Crippen molar-refractivity contribution in [3.05, 3.63) is 70.2 Å². The molecule has 0 saturated carbocycles. The molecule has 0 atom stereocenters. The number of benzene rings is 2. The minimum atomic E-state index is -0.0797. The van der Waals surface area contributed by atoms with Crippen molar-refractivity contribution in [2.45, 2.75) is 13.3 Å². The normalized spacial score (nSPS) is 10.4. The lowest BCUT2D eigenvalue weighted by atomic mass is 10.2. The third-order valence-corrected chi connectivity index (χ3v) is 4.43. The van der Waals surface area contributed by atoms with Gasteiger partial charge >= 0.3 is 0 Å². The highest BCUT2D eigenvalue weighted by Crippen LogP contribution is 2.23. The van der Waals surface area contributed by atoms with Gasteiger partial charge in [-0.1, -0.05) is 35.9 Å². The molecule has 122 valence electrons. The van der Waals surface area contributed by atoms with Crippen molar-refractivity contribution < 1.29 is 4.79 Å². The molecule has 0 fully saturated rings. The molecule has 1 heterocycles. The summed E-state index contributed by atoms with van der Waals surface area (Å²) in [4.78, 5) is 16.6. The van der Waals surface area contributed by atoms with Gasteiger partial charge in [-0.05, 0) is 36.8 Å². The summed E-state index contributed by atoms with van der Waals surface area (Å²) in [6.45, 7) is 1.96. The lowest BCUT2D eigenvalue weighted by Crippen LogP contribution is -2.15. The third-order valence-electron chi connectivity index (χ3n) is 3.39. The maximum atomic E-state index is 12.2. The van der Waals surface area contributed by atoms with Crippen molar-refractivity contribution in [3.63, 3.8) is 0 Å². The number of carbonyl (C=O) groups excluding carboxylic acids is 1. The molecule has 2 aromatic carbocycles. The number of hydrogen-bond donors (Lipinski definition) is 2. The van der Waals surface area contributed by atoms with Gasteiger partial charge in [0.15, 0.2) is 5.13 Å². The van der Waals surface area contributed by atoms with Crippen LogP contribution in [0.4, 0.5) is 16.5 Å². The van der Waals surface area contributed by atoms with Crippen LogP contribution in [0.5, 0.6) is 0 Å². The second-order valence-electron chi connectivity index (χ2n) is 5.32. The van der Waals surface area contributed by atoms with E-state index in [-0.39, 0.29) is 12.3 Å². The molecule has 24 heavy (non-hydrogen) atoms. The number of hydrogen-bond acceptors (Lipinski definition) is 4. The number of thiazole rings is 1. The summed E-state index contributed by atoms with van der Waals surface area (Å²) in [6.07, 6.45) is 0.238. The fourth-order valence-electron chi connectivity index (χ4n) is 2.21. The van der Waals surface area contributed by atoms with Gasteiger partial charge in [-0.25, -0.2) is 4.98 Å². The van der Waals surface area contributed by atoms with Gasteiger partial charge < -0.3 is 10.6 Å². The van der Waals surface area contributed by atoms with E-state index in [0.717, 1.165) is 27.8 Å². The topological polar surface area (TPSA) is 54.0 Å². The standard InChI is InChI=1S/C18H16ClN3OS/c1-12-5-2-3-8-16(12)22-17(23)10-15-11-24-18(21-15)20-14-7-4-6-13(19)9-14/h2-9,11H,10H2,1H3,(H,20,21)(H,22,23). The number of para-hydroxylation sites is 1. The lowest BCUT2D eigenvalue weighted by molar-refractivity contribution is -0.115. The fourth-order valence-corrected chi connectivity index (χ4v) is 3.13. The summed E-state index contributed by atoms with van der Waals surface area (Å²) >= 11 is 7.42. The number of aryl methyl sites for hydroxylation is 1. The molecule has 0 unspecified atom stereocenters. The van der Waals surface area contributed by atoms with E-state index in [1.165, 1.54) is 11.3 Å². The number of rotatable bonds is 5. The van der Waals surface area contributed by atoms with Crippen LogP contribution in [0.1, 0.15) is 11.3 Å². The lowest BCUT2D eigenvalue weighted by Gasteiger charge is -2.07. The molecule has 2 N–H and O–H groups in total. The maximum absolute atomic E-state index is 12.2. The number of nitrogens with one attached hydrogen (secondary N) is 2. The predicted octanol–water partition coefficient (Wildman–Crippen LogP) is 5.03. The Balaban J connectivity index is 1.61. The van der Waals surface area contributed by atoms with E-state index in [2.05, 4.69) is 15.6 Å². The van der Waals surface area contributed by atoms with Crippen LogP contribution in [0, 0.1) is 6.92 Å². The summed E-state index contributed by atoms with van der Waals surface area (Å²) in [7, 11) is 0. The first-order valence-electron chi connectivity index (χ1n) is 7.42. The number of carbonyl (C=O) groups is 1. The quantitative estimate of drug-likeness (QED) is 0.673. The van der Waals surface area contributed by atoms with E-state index in [0.29, 0.717) is 5.02 Å². The molecule has 1 amide bonds. The zero-order chi connectivity index (χ0) is 16.9. The monoisotopic (exact) mass is 357 g/mol.